The molecule has 170 valence electrons. The largest absolute Gasteiger partial charge is 0.484 e. The minimum absolute atomic E-state index is 0.127. The SMILES string of the molecule is CC(C)C(NC(=O)COc1ccc(C(=O)O)cc1)C(=O)Nc1ccc(N2CCCC2)cc1. The summed E-state index contributed by atoms with van der Waals surface area (Å²) in [6.45, 7) is 5.53. The molecule has 2 aromatic rings. The van der Waals surface area contributed by atoms with Gasteiger partial charge in [-0.2, -0.15) is 0 Å². The summed E-state index contributed by atoms with van der Waals surface area (Å²) in [7, 11) is 0. The fraction of sp³-hybridized carbons (Fsp3) is 0.375. The topological polar surface area (TPSA) is 108 Å². The van der Waals surface area contributed by atoms with Gasteiger partial charge >= 0.3 is 5.97 Å². The highest BCUT2D eigenvalue weighted by atomic mass is 16.5. The van der Waals surface area contributed by atoms with Gasteiger partial charge in [0.2, 0.25) is 5.91 Å². The number of amides is 2. The van der Waals surface area contributed by atoms with Crippen LogP contribution in [0.1, 0.15) is 37.0 Å². The molecule has 1 aliphatic rings. The van der Waals surface area contributed by atoms with Gasteiger partial charge in [-0.05, 0) is 67.3 Å². The first-order valence-corrected chi connectivity index (χ1v) is 10.7. The maximum atomic E-state index is 12.8. The lowest BCUT2D eigenvalue weighted by Gasteiger charge is -2.22. The van der Waals surface area contributed by atoms with Gasteiger partial charge in [0, 0.05) is 24.5 Å². The second kappa shape index (κ2) is 10.7. The molecule has 8 heteroatoms. The lowest BCUT2D eigenvalue weighted by atomic mass is 10.0. The third-order valence-electron chi connectivity index (χ3n) is 5.34. The smallest absolute Gasteiger partial charge is 0.335 e. The fourth-order valence-electron chi connectivity index (χ4n) is 3.54. The van der Waals surface area contributed by atoms with Crippen molar-refractivity contribution in [3.63, 3.8) is 0 Å². The summed E-state index contributed by atoms with van der Waals surface area (Å²) < 4.78 is 5.40. The van der Waals surface area contributed by atoms with E-state index in [1.54, 1.807) is 0 Å². The number of ether oxygens (including phenoxy) is 1. The monoisotopic (exact) mass is 439 g/mol. The number of carboxylic acid groups (broad SMARTS) is 1. The van der Waals surface area contributed by atoms with Crippen LogP contribution in [0, 0.1) is 5.92 Å². The minimum Gasteiger partial charge on any atom is -0.484 e. The first-order chi connectivity index (χ1) is 15.3. The third-order valence-corrected chi connectivity index (χ3v) is 5.34. The number of carbonyl (C=O) groups is 3. The van der Waals surface area contributed by atoms with Gasteiger partial charge in [-0.25, -0.2) is 4.79 Å². The number of hydrogen-bond acceptors (Lipinski definition) is 5. The van der Waals surface area contributed by atoms with E-state index in [4.69, 9.17) is 9.84 Å². The molecule has 0 radical (unpaired) electrons. The van der Waals surface area contributed by atoms with Crippen LogP contribution in [-0.2, 0) is 9.59 Å². The highest BCUT2D eigenvalue weighted by molar-refractivity contribution is 5.97. The zero-order valence-electron chi connectivity index (χ0n) is 18.3. The van der Waals surface area contributed by atoms with E-state index >= 15 is 0 Å². The van der Waals surface area contributed by atoms with E-state index in [1.807, 2.05) is 38.1 Å². The number of aromatic carboxylic acids is 1. The highest BCUT2D eigenvalue weighted by Gasteiger charge is 2.24. The molecule has 1 atom stereocenters. The maximum Gasteiger partial charge on any atom is 0.335 e. The average Bonchev–Trinajstić information content (AvgIpc) is 3.31. The molecule has 0 aliphatic carbocycles. The van der Waals surface area contributed by atoms with Gasteiger partial charge in [0.25, 0.3) is 5.91 Å². The first kappa shape index (κ1) is 23.1. The second-order valence-electron chi connectivity index (χ2n) is 8.14. The van der Waals surface area contributed by atoms with Gasteiger partial charge in [-0.3, -0.25) is 9.59 Å². The van der Waals surface area contributed by atoms with E-state index in [2.05, 4.69) is 15.5 Å². The molecule has 1 fully saturated rings. The van der Waals surface area contributed by atoms with Crippen molar-refractivity contribution in [2.24, 2.45) is 5.92 Å². The first-order valence-electron chi connectivity index (χ1n) is 10.7. The normalized spacial score (nSPS) is 14.2. The Kier molecular flexibility index (Phi) is 7.70. The molecule has 2 amide bonds. The Hall–Kier alpha value is -3.55. The van der Waals surface area contributed by atoms with Crippen molar-refractivity contribution in [2.75, 3.05) is 29.9 Å². The van der Waals surface area contributed by atoms with Crippen LogP contribution >= 0.6 is 0 Å². The van der Waals surface area contributed by atoms with Gasteiger partial charge in [0.05, 0.1) is 5.56 Å². The Morgan fingerprint density at radius 2 is 1.62 bits per heavy atom. The number of hydrogen-bond donors (Lipinski definition) is 3. The highest BCUT2D eigenvalue weighted by Crippen LogP contribution is 2.22. The van der Waals surface area contributed by atoms with Gasteiger partial charge in [-0.1, -0.05) is 13.8 Å². The summed E-state index contributed by atoms with van der Waals surface area (Å²) >= 11 is 0. The van der Waals surface area contributed by atoms with Crippen LogP contribution in [0.15, 0.2) is 48.5 Å². The number of carbonyl (C=O) groups excluding carboxylic acids is 2. The summed E-state index contributed by atoms with van der Waals surface area (Å²) in [5.41, 5.74) is 1.95. The van der Waals surface area contributed by atoms with E-state index in [1.165, 1.54) is 37.1 Å². The summed E-state index contributed by atoms with van der Waals surface area (Å²) in [4.78, 5) is 38.3. The molecule has 3 rings (SSSR count). The van der Waals surface area contributed by atoms with Crippen molar-refractivity contribution in [3.8, 4) is 5.75 Å². The van der Waals surface area contributed by atoms with Crippen LogP contribution in [0.2, 0.25) is 0 Å². The zero-order chi connectivity index (χ0) is 23.1. The van der Waals surface area contributed by atoms with Gasteiger partial charge in [0.15, 0.2) is 6.61 Å². The molecule has 0 bridgehead atoms. The van der Waals surface area contributed by atoms with Crippen LogP contribution in [0.3, 0.4) is 0 Å². The van der Waals surface area contributed by atoms with Crippen LogP contribution < -0.4 is 20.3 Å². The van der Waals surface area contributed by atoms with Crippen molar-refractivity contribution in [2.45, 2.75) is 32.7 Å². The van der Waals surface area contributed by atoms with E-state index < -0.39 is 17.9 Å². The summed E-state index contributed by atoms with van der Waals surface area (Å²) in [6.07, 6.45) is 2.40. The molecule has 0 saturated carbocycles. The van der Waals surface area contributed by atoms with Crippen molar-refractivity contribution >= 4 is 29.2 Å². The Bertz CT molecular complexity index is 935. The fourth-order valence-corrected chi connectivity index (χ4v) is 3.54. The molecule has 1 heterocycles. The quantitative estimate of drug-likeness (QED) is 0.554. The summed E-state index contributed by atoms with van der Waals surface area (Å²) in [5.74, 6) is -1.53. The Morgan fingerprint density at radius 3 is 2.19 bits per heavy atom. The van der Waals surface area contributed by atoms with Crippen LogP contribution in [0.5, 0.6) is 5.75 Å². The number of rotatable bonds is 9. The molecular formula is C24H29N3O5. The molecule has 32 heavy (non-hydrogen) atoms. The number of benzene rings is 2. The third kappa shape index (κ3) is 6.23. The van der Waals surface area contributed by atoms with Crippen LogP contribution in [-0.4, -0.2) is 48.6 Å². The molecule has 3 N–H and O–H groups in total. The van der Waals surface area contributed by atoms with Gasteiger partial charge < -0.3 is 25.4 Å². The molecule has 0 aromatic heterocycles. The number of carboxylic acids is 1. The molecule has 1 aliphatic heterocycles. The lowest BCUT2D eigenvalue weighted by molar-refractivity contribution is -0.128. The molecule has 1 unspecified atom stereocenters. The van der Waals surface area contributed by atoms with E-state index in [-0.39, 0.29) is 24.0 Å². The second-order valence-corrected chi connectivity index (χ2v) is 8.14. The number of nitrogens with one attached hydrogen (secondary N) is 2. The van der Waals surface area contributed by atoms with Crippen molar-refractivity contribution in [1.29, 1.82) is 0 Å². The van der Waals surface area contributed by atoms with E-state index in [0.717, 1.165) is 18.8 Å². The summed E-state index contributed by atoms with van der Waals surface area (Å²) in [5, 5.41) is 14.5. The van der Waals surface area contributed by atoms with Crippen molar-refractivity contribution < 1.29 is 24.2 Å². The molecule has 0 spiro atoms. The maximum absolute atomic E-state index is 12.8. The number of anilines is 2. The predicted octanol–water partition coefficient (Wildman–Crippen LogP) is 3.14. The Labute approximate surface area is 187 Å². The molecule has 1 saturated heterocycles. The number of nitrogens with zero attached hydrogens (tertiary/aromatic N) is 1. The van der Waals surface area contributed by atoms with Crippen LogP contribution in [0.25, 0.3) is 0 Å². The van der Waals surface area contributed by atoms with Gasteiger partial charge in [0.1, 0.15) is 11.8 Å². The zero-order valence-corrected chi connectivity index (χ0v) is 18.3. The molecule has 8 nitrogen and oxygen atoms in total. The van der Waals surface area contributed by atoms with Crippen molar-refractivity contribution in [3.05, 3.63) is 54.1 Å². The lowest BCUT2D eigenvalue weighted by Crippen LogP contribution is -2.48. The Balaban J connectivity index is 1.52. The molecule has 2 aromatic carbocycles. The minimum atomic E-state index is -1.04. The standard InChI is InChI=1S/C24H29N3O5/c1-16(2)22(26-21(28)15-32-20-11-5-17(6-12-20)24(30)31)23(29)25-18-7-9-19(10-8-18)27-13-3-4-14-27/h5-12,16,22H,3-4,13-15H2,1-2H3,(H,25,29)(H,26,28)(H,30,31). The summed E-state index contributed by atoms with van der Waals surface area (Å²) in [6, 6.07) is 12.8. The van der Waals surface area contributed by atoms with E-state index in [9.17, 15) is 14.4 Å². The van der Waals surface area contributed by atoms with Crippen LogP contribution in [0.4, 0.5) is 11.4 Å². The predicted molar refractivity (Wildman–Crippen MR) is 122 cm³/mol. The average molecular weight is 440 g/mol. The molecular weight excluding hydrogens is 410 g/mol. The van der Waals surface area contributed by atoms with Gasteiger partial charge in [-0.15, -0.1) is 0 Å². The van der Waals surface area contributed by atoms with Crippen molar-refractivity contribution in [1.82, 2.24) is 5.32 Å². The van der Waals surface area contributed by atoms with E-state index in [0.29, 0.717) is 11.4 Å². The Morgan fingerprint density at radius 1 is 1.00 bits per heavy atom.